The fourth-order valence-corrected chi connectivity index (χ4v) is 3.87. The van der Waals surface area contributed by atoms with Crippen LogP contribution in [0.1, 0.15) is 5.56 Å². The Morgan fingerprint density at radius 3 is 3.05 bits per heavy atom. The second-order valence-corrected chi connectivity index (χ2v) is 6.67. The summed E-state index contributed by atoms with van der Waals surface area (Å²) in [7, 11) is -2.01. The number of fused-ring (bicyclic) bond motifs is 3. The van der Waals surface area contributed by atoms with Crippen molar-refractivity contribution in [1.82, 2.24) is 9.29 Å². The molecule has 0 saturated carbocycles. The van der Waals surface area contributed by atoms with Crippen molar-refractivity contribution < 1.29 is 13.2 Å². The van der Waals surface area contributed by atoms with Crippen molar-refractivity contribution in [1.29, 1.82) is 0 Å². The molecule has 6 nitrogen and oxygen atoms in total. The molecule has 0 aliphatic carbocycles. The third-order valence-corrected chi connectivity index (χ3v) is 5.11. The standard InChI is InChI=1S/C12H14ClN3O3S/c1-19-5-4-16-7-8-6-10(13)9-2-3-14-12(9)11(8)15-20(16,17)18/h2-3,6,14-15H,4-5,7H2,1H3. The summed E-state index contributed by atoms with van der Waals surface area (Å²) in [5, 5.41) is 1.41. The van der Waals surface area contributed by atoms with Gasteiger partial charge in [-0.15, -0.1) is 0 Å². The zero-order valence-electron chi connectivity index (χ0n) is 10.8. The van der Waals surface area contributed by atoms with E-state index in [2.05, 4.69) is 9.71 Å². The van der Waals surface area contributed by atoms with E-state index in [1.54, 1.807) is 12.3 Å². The SMILES string of the molecule is COCCN1Cc2cc(Cl)c3cc[nH]c3c2NS1(=O)=O. The highest BCUT2D eigenvalue weighted by Crippen LogP contribution is 2.36. The molecule has 3 rings (SSSR count). The molecule has 1 aromatic heterocycles. The molecule has 0 amide bonds. The van der Waals surface area contributed by atoms with E-state index in [1.807, 2.05) is 6.07 Å². The molecule has 1 aliphatic rings. The van der Waals surface area contributed by atoms with E-state index in [-0.39, 0.29) is 6.54 Å². The Hall–Kier alpha value is -1.28. The largest absolute Gasteiger partial charge is 0.383 e. The lowest BCUT2D eigenvalue weighted by Gasteiger charge is -2.29. The van der Waals surface area contributed by atoms with Crippen molar-refractivity contribution in [2.24, 2.45) is 0 Å². The van der Waals surface area contributed by atoms with Crippen LogP contribution in [0.25, 0.3) is 10.9 Å². The molecule has 1 aromatic carbocycles. The van der Waals surface area contributed by atoms with E-state index < -0.39 is 10.2 Å². The van der Waals surface area contributed by atoms with Crippen LogP contribution in [0.4, 0.5) is 5.69 Å². The highest BCUT2D eigenvalue weighted by Gasteiger charge is 2.30. The van der Waals surface area contributed by atoms with E-state index in [1.165, 1.54) is 11.4 Å². The van der Waals surface area contributed by atoms with E-state index >= 15 is 0 Å². The summed E-state index contributed by atoms with van der Waals surface area (Å²) >= 11 is 6.22. The summed E-state index contributed by atoms with van der Waals surface area (Å²) in [6, 6.07) is 3.62. The Morgan fingerprint density at radius 2 is 2.30 bits per heavy atom. The molecule has 0 fully saturated rings. The Morgan fingerprint density at radius 1 is 1.50 bits per heavy atom. The molecule has 2 heterocycles. The van der Waals surface area contributed by atoms with Gasteiger partial charge in [0.25, 0.3) is 0 Å². The number of rotatable bonds is 3. The molecule has 20 heavy (non-hydrogen) atoms. The smallest absolute Gasteiger partial charge is 0.302 e. The number of aromatic amines is 1. The number of hydrogen-bond acceptors (Lipinski definition) is 3. The van der Waals surface area contributed by atoms with E-state index in [0.29, 0.717) is 29.4 Å². The fraction of sp³-hybridized carbons (Fsp3) is 0.333. The molecular formula is C12H14ClN3O3S. The molecule has 0 saturated heterocycles. The maximum Gasteiger partial charge on any atom is 0.302 e. The average molecular weight is 316 g/mol. The molecule has 2 aromatic rings. The summed E-state index contributed by atoms with van der Waals surface area (Å²) < 4.78 is 33.3. The van der Waals surface area contributed by atoms with Gasteiger partial charge < -0.3 is 9.72 Å². The highest BCUT2D eigenvalue weighted by atomic mass is 35.5. The zero-order chi connectivity index (χ0) is 14.3. The molecule has 8 heteroatoms. The van der Waals surface area contributed by atoms with Crippen molar-refractivity contribution in [2.45, 2.75) is 6.54 Å². The van der Waals surface area contributed by atoms with Crippen LogP contribution in [0.2, 0.25) is 5.02 Å². The molecule has 2 N–H and O–H groups in total. The Kier molecular flexibility index (Phi) is 3.37. The van der Waals surface area contributed by atoms with Crippen LogP contribution in [0.5, 0.6) is 0 Å². The van der Waals surface area contributed by atoms with Gasteiger partial charge in [0.15, 0.2) is 0 Å². The monoisotopic (exact) mass is 315 g/mol. The second-order valence-electron chi connectivity index (χ2n) is 4.59. The highest BCUT2D eigenvalue weighted by molar-refractivity contribution is 7.90. The number of H-pyrrole nitrogens is 1. The van der Waals surface area contributed by atoms with Crippen LogP contribution in [0.3, 0.4) is 0 Å². The molecule has 0 spiro atoms. The summed E-state index contributed by atoms with van der Waals surface area (Å²) in [6.45, 7) is 0.920. The third-order valence-electron chi connectivity index (χ3n) is 3.34. The predicted octanol–water partition coefficient (Wildman–Crippen LogP) is 1.94. The average Bonchev–Trinajstić information content (AvgIpc) is 2.87. The first-order chi connectivity index (χ1) is 9.53. The van der Waals surface area contributed by atoms with Crippen LogP contribution < -0.4 is 4.72 Å². The van der Waals surface area contributed by atoms with Gasteiger partial charge in [0.1, 0.15) is 0 Å². The number of hydrogen-bond donors (Lipinski definition) is 2. The van der Waals surface area contributed by atoms with Crippen molar-refractivity contribution >= 4 is 38.4 Å². The van der Waals surface area contributed by atoms with E-state index in [4.69, 9.17) is 16.3 Å². The number of ether oxygens (including phenoxy) is 1. The number of halogens is 1. The van der Waals surface area contributed by atoms with Gasteiger partial charge in [-0.2, -0.15) is 12.7 Å². The van der Waals surface area contributed by atoms with Gasteiger partial charge in [-0.3, -0.25) is 4.72 Å². The third kappa shape index (κ3) is 2.16. The topological polar surface area (TPSA) is 74.4 Å². The number of anilines is 1. The van der Waals surface area contributed by atoms with E-state index in [9.17, 15) is 8.42 Å². The summed E-state index contributed by atoms with van der Waals surface area (Å²) in [5.41, 5.74) is 2.13. The van der Waals surface area contributed by atoms with Gasteiger partial charge in [0, 0.05) is 31.8 Å². The minimum absolute atomic E-state index is 0.280. The first kappa shape index (κ1) is 13.7. The molecule has 1 aliphatic heterocycles. The Balaban J connectivity index is 2.09. The van der Waals surface area contributed by atoms with Gasteiger partial charge >= 0.3 is 10.2 Å². The number of aromatic nitrogens is 1. The van der Waals surface area contributed by atoms with Crippen molar-refractivity contribution in [3.63, 3.8) is 0 Å². The first-order valence-electron chi connectivity index (χ1n) is 6.08. The lowest BCUT2D eigenvalue weighted by molar-refractivity contribution is 0.177. The summed E-state index contributed by atoms with van der Waals surface area (Å²) in [4.78, 5) is 3.03. The molecular weight excluding hydrogens is 302 g/mol. The molecule has 0 bridgehead atoms. The maximum absolute atomic E-state index is 12.2. The zero-order valence-corrected chi connectivity index (χ0v) is 12.4. The van der Waals surface area contributed by atoms with Crippen LogP contribution in [0.15, 0.2) is 18.3 Å². The van der Waals surface area contributed by atoms with Crippen LogP contribution in [-0.4, -0.2) is 38.0 Å². The van der Waals surface area contributed by atoms with E-state index in [0.717, 1.165) is 10.9 Å². The van der Waals surface area contributed by atoms with Crippen LogP contribution in [0, 0.1) is 0 Å². The number of methoxy groups -OCH3 is 1. The minimum atomic E-state index is -3.55. The quantitative estimate of drug-likeness (QED) is 0.909. The van der Waals surface area contributed by atoms with Crippen LogP contribution in [-0.2, 0) is 21.5 Å². The first-order valence-corrected chi connectivity index (χ1v) is 7.90. The van der Waals surface area contributed by atoms with Gasteiger partial charge in [0.2, 0.25) is 0 Å². The van der Waals surface area contributed by atoms with Gasteiger partial charge in [-0.1, -0.05) is 11.6 Å². The minimum Gasteiger partial charge on any atom is -0.383 e. The predicted molar refractivity (Wildman–Crippen MR) is 78.1 cm³/mol. The second kappa shape index (κ2) is 4.92. The Bertz CT molecular complexity index is 757. The van der Waals surface area contributed by atoms with Gasteiger partial charge in [0.05, 0.1) is 22.8 Å². The van der Waals surface area contributed by atoms with Crippen molar-refractivity contribution in [3.05, 3.63) is 28.9 Å². The summed E-state index contributed by atoms with van der Waals surface area (Å²) in [5.74, 6) is 0. The molecule has 108 valence electrons. The maximum atomic E-state index is 12.2. The number of benzene rings is 1. The molecule has 0 unspecified atom stereocenters. The van der Waals surface area contributed by atoms with Crippen molar-refractivity contribution in [3.8, 4) is 0 Å². The van der Waals surface area contributed by atoms with Gasteiger partial charge in [-0.25, -0.2) is 0 Å². The van der Waals surface area contributed by atoms with Gasteiger partial charge in [-0.05, 0) is 17.7 Å². The molecule has 0 radical (unpaired) electrons. The molecule has 0 atom stereocenters. The van der Waals surface area contributed by atoms with Crippen LogP contribution >= 0.6 is 11.6 Å². The normalized spacial score (nSPS) is 17.9. The summed E-state index contributed by atoms with van der Waals surface area (Å²) in [6.07, 6.45) is 1.74. The lowest BCUT2D eigenvalue weighted by atomic mass is 10.1. The number of nitrogens with zero attached hydrogens (tertiary/aromatic N) is 1. The fourth-order valence-electron chi connectivity index (χ4n) is 2.34. The lowest BCUT2D eigenvalue weighted by Crippen LogP contribution is -2.41. The van der Waals surface area contributed by atoms with Crippen molar-refractivity contribution in [2.75, 3.05) is 25.0 Å². The number of nitrogens with one attached hydrogen (secondary N) is 2. The Labute approximate surface area is 121 Å².